The molecular weight excluding hydrogens is 293 g/mol. The van der Waals surface area contributed by atoms with Crippen LogP contribution < -0.4 is 5.32 Å². The highest BCUT2D eigenvalue weighted by Crippen LogP contribution is 2.32. The highest BCUT2D eigenvalue weighted by molar-refractivity contribution is 6.33. The van der Waals surface area contributed by atoms with Crippen LogP contribution in [0.4, 0.5) is 0 Å². The average Bonchev–Trinajstić information content (AvgIpc) is 2.49. The zero-order chi connectivity index (χ0) is 14.1. The first-order valence-corrected chi connectivity index (χ1v) is 8.09. The summed E-state index contributed by atoms with van der Waals surface area (Å²) in [6, 6.07) is 6.49. The van der Waals surface area contributed by atoms with Crippen molar-refractivity contribution in [2.45, 2.75) is 19.0 Å². The Bertz CT molecular complexity index is 472. The van der Waals surface area contributed by atoms with Crippen LogP contribution >= 0.6 is 23.2 Å². The van der Waals surface area contributed by atoms with Gasteiger partial charge in [-0.3, -0.25) is 9.80 Å². The van der Waals surface area contributed by atoms with Crippen LogP contribution in [0.5, 0.6) is 0 Å². The fourth-order valence-corrected chi connectivity index (χ4v) is 3.82. The fourth-order valence-electron chi connectivity index (χ4n) is 3.40. The van der Waals surface area contributed by atoms with Crippen molar-refractivity contribution in [3.63, 3.8) is 0 Å². The smallest absolute Gasteiger partial charge is 0.0506 e. The summed E-state index contributed by atoms with van der Waals surface area (Å²) in [5.74, 6) is 0. The van der Waals surface area contributed by atoms with E-state index in [0.717, 1.165) is 41.8 Å². The van der Waals surface area contributed by atoms with Crippen molar-refractivity contribution in [1.82, 2.24) is 15.1 Å². The van der Waals surface area contributed by atoms with E-state index in [0.29, 0.717) is 6.04 Å². The van der Waals surface area contributed by atoms with Crippen LogP contribution in [-0.2, 0) is 0 Å². The van der Waals surface area contributed by atoms with Crippen molar-refractivity contribution in [1.29, 1.82) is 0 Å². The summed E-state index contributed by atoms with van der Waals surface area (Å²) < 4.78 is 0. The largest absolute Gasteiger partial charge is 0.309 e. The van der Waals surface area contributed by atoms with Gasteiger partial charge in [0.05, 0.1) is 6.04 Å². The summed E-state index contributed by atoms with van der Waals surface area (Å²) in [6.45, 7) is 8.88. The number of nitrogens with zero attached hydrogens (tertiary/aromatic N) is 2. The summed E-state index contributed by atoms with van der Waals surface area (Å²) in [4.78, 5) is 5.14. The maximum absolute atomic E-state index is 6.42. The fraction of sp³-hybridized carbons (Fsp3) is 0.600. The minimum Gasteiger partial charge on any atom is -0.309 e. The molecule has 2 unspecified atom stereocenters. The molecule has 20 heavy (non-hydrogen) atoms. The third-order valence-corrected chi connectivity index (χ3v) is 5.00. The first-order valence-electron chi connectivity index (χ1n) is 7.33. The maximum Gasteiger partial charge on any atom is 0.0506 e. The van der Waals surface area contributed by atoms with Crippen molar-refractivity contribution in [3.8, 4) is 0 Å². The molecule has 2 atom stereocenters. The summed E-state index contributed by atoms with van der Waals surface area (Å²) in [5.41, 5.74) is 1.12. The molecule has 1 aromatic carbocycles. The van der Waals surface area contributed by atoms with Crippen LogP contribution in [0.15, 0.2) is 18.2 Å². The van der Waals surface area contributed by atoms with Gasteiger partial charge in [-0.1, -0.05) is 30.1 Å². The molecule has 3 saturated heterocycles. The van der Waals surface area contributed by atoms with Crippen LogP contribution in [0, 0.1) is 0 Å². The van der Waals surface area contributed by atoms with Crippen molar-refractivity contribution < 1.29 is 0 Å². The third-order valence-electron chi connectivity index (χ3n) is 4.42. The van der Waals surface area contributed by atoms with Crippen molar-refractivity contribution in [2.75, 3.05) is 39.3 Å². The molecule has 0 aliphatic carbocycles. The Balaban J connectivity index is 1.90. The van der Waals surface area contributed by atoms with Crippen LogP contribution in [0.3, 0.4) is 0 Å². The number of hydrogen-bond acceptors (Lipinski definition) is 3. The minimum absolute atomic E-state index is 0.245. The lowest BCUT2D eigenvalue weighted by Gasteiger charge is -2.50. The molecule has 1 aromatic rings. The molecule has 0 saturated carbocycles. The van der Waals surface area contributed by atoms with Crippen molar-refractivity contribution in [2.24, 2.45) is 0 Å². The van der Waals surface area contributed by atoms with E-state index in [9.17, 15) is 0 Å². The molecule has 1 N–H and O–H groups in total. The standard InChI is InChI=1S/C15H21Cl2N3/c1-2-18-15(12-9-11(16)3-4-13(12)17)14-10-19-5-7-20(14)8-6-19/h3-4,9,14-15,18H,2,5-8,10H2,1H3. The molecule has 0 aromatic heterocycles. The van der Waals surface area contributed by atoms with Gasteiger partial charge in [0.1, 0.15) is 0 Å². The van der Waals surface area contributed by atoms with E-state index in [-0.39, 0.29) is 6.04 Å². The predicted molar refractivity (Wildman–Crippen MR) is 84.7 cm³/mol. The Labute approximate surface area is 130 Å². The lowest BCUT2D eigenvalue weighted by atomic mass is 9.94. The molecule has 3 aliphatic heterocycles. The highest BCUT2D eigenvalue weighted by atomic mass is 35.5. The van der Waals surface area contributed by atoms with Gasteiger partial charge in [-0.25, -0.2) is 0 Å². The van der Waals surface area contributed by atoms with Gasteiger partial charge in [-0.2, -0.15) is 0 Å². The van der Waals surface area contributed by atoms with Crippen molar-refractivity contribution in [3.05, 3.63) is 33.8 Å². The molecule has 3 nitrogen and oxygen atoms in total. The molecule has 110 valence electrons. The van der Waals surface area contributed by atoms with E-state index in [1.165, 1.54) is 13.1 Å². The normalized spacial score (nSPS) is 30.4. The molecule has 0 amide bonds. The number of benzene rings is 1. The number of hydrogen-bond donors (Lipinski definition) is 1. The molecule has 2 bridgehead atoms. The van der Waals surface area contributed by atoms with Crippen LogP contribution in [0.25, 0.3) is 0 Å². The summed E-state index contributed by atoms with van der Waals surface area (Å²) >= 11 is 12.6. The van der Waals surface area contributed by atoms with Crippen LogP contribution in [-0.4, -0.2) is 55.1 Å². The number of piperazine rings is 3. The van der Waals surface area contributed by atoms with Gasteiger partial charge in [-0.15, -0.1) is 0 Å². The van der Waals surface area contributed by atoms with E-state index in [1.54, 1.807) is 0 Å². The molecule has 4 rings (SSSR count). The highest BCUT2D eigenvalue weighted by Gasteiger charge is 2.37. The average molecular weight is 314 g/mol. The Morgan fingerprint density at radius 3 is 2.60 bits per heavy atom. The lowest BCUT2D eigenvalue weighted by Crippen LogP contribution is -2.64. The van der Waals surface area contributed by atoms with Crippen molar-refractivity contribution >= 4 is 23.2 Å². The second-order valence-electron chi connectivity index (χ2n) is 5.61. The Kier molecular flexibility index (Phi) is 4.53. The van der Waals surface area contributed by atoms with Gasteiger partial charge in [-0.05, 0) is 30.3 Å². The third kappa shape index (κ3) is 2.83. The summed E-state index contributed by atoms with van der Waals surface area (Å²) in [7, 11) is 0. The predicted octanol–water partition coefficient (Wildman–Crippen LogP) is 2.64. The first-order chi connectivity index (χ1) is 9.69. The zero-order valence-corrected chi connectivity index (χ0v) is 13.3. The van der Waals surface area contributed by atoms with E-state index in [2.05, 4.69) is 22.0 Å². The zero-order valence-electron chi connectivity index (χ0n) is 11.8. The van der Waals surface area contributed by atoms with Gasteiger partial charge in [0.25, 0.3) is 0 Å². The Morgan fingerprint density at radius 2 is 2.00 bits per heavy atom. The molecule has 5 heteroatoms. The van der Waals surface area contributed by atoms with Gasteiger partial charge in [0.2, 0.25) is 0 Å². The number of nitrogens with one attached hydrogen (secondary N) is 1. The second-order valence-corrected chi connectivity index (χ2v) is 6.45. The maximum atomic E-state index is 6.42. The summed E-state index contributed by atoms with van der Waals surface area (Å²) in [5, 5.41) is 5.17. The summed E-state index contributed by atoms with van der Waals surface area (Å²) in [6.07, 6.45) is 0. The Hall–Kier alpha value is -0.320. The topological polar surface area (TPSA) is 18.5 Å². The Morgan fingerprint density at radius 1 is 1.25 bits per heavy atom. The lowest BCUT2D eigenvalue weighted by molar-refractivity contribution is -0.00341. The molecule has 3 heterocycles. The minimum atomic E-state index is 0.245. The SMILES string of the molecule is CCNC(c1cc(Cl)ccc1Cl)C1CN2CCN1CC2. The van der Waals surface area contributed by atoms with E-state index in [4.69, 9.17) is 23.2 Å². The first kappa shape index (κ1) is 14.6. The molecule has 0 radical (unpaired) electrons. The molecule has 3 fully saturated rings. The second kappa shape index (κ2) is 6.20. The van der Waals surface area contributed by atoms with E-state index >= 15 is 0 Å². The van der Waals surface area contributed by atoms with Crippen LogP contribution in [0.1, 0.15) is 18.5 Å². The number of halogens is 2. The van der Waals surface area contributed by atoms with Crippen LogP contribution in [0.2, 0.25) is 10.0 Å². The van der Waals surface area contributed by atoms with Gasteiger partial charge in [0.15, 0.2) is 0 Å². The van der Waals surface area contributed by atoms with Gasteiger partial charge in [0, 0.05) is 48.8 Å². The number of likely N-dealkylation sites (N-methyl/N-ethyl adjacent to an activating group) is 1. The molecule has 3 aliphatic rings. The molecule has 0 spiro atoms. The van der Waals surface area contributed by atoms with E-state index in [1.807, 2.05) is 18.2 Å². The molecular formula is C15H21Cl2N3. The van der Waals surface area contributed by atoms with Gasteiger partial charge >= 0.3 is 0 Å². The van der Waals surface area contributed by atoms with E-state index < -0.39 is 0 Å². The quantitative estimate of drug-likeness (QED) is 0.922. The van der Waals surface area contributed by atoms with Gasteiger partial charge < -0.3 is 5.32 Å². The number of rotatable bonds is 4. The number of fused-ring (bicyclic) bond motifs is 3. The monoisotopic (exact) mass is 313 g/mol.